The summed E-state index contributed by atoms with van der Waals surface area (Å²) in [6, 6.07) is 11.3. The lowest BCUT2D eigenvalue weighted by Gasteiger charge is -2.17. The van der Waals surface area contributed by atoms with E-state index in [0.717, 1.165) is 19.0 Å². The third kappa shape index (κ3) is 5.64. The highest BCUT2D eigenvalue weighted by molar-refractivity contribution is 5.95. The molecule has 0 aliphatic carbocycles. The van der Waals surface area contributed by atoms with Gasteiger partial charge in [0.1, 0.15) is 11.5 Å². The van der Waals surface area contributed by atoms with Crippen molar-refractivity contribution < 1.29 is 27.8 Å². The minimum Gasteiger partial charge on any atom is -0.508 e. The van der Waals surface area contributed by atoms with Gasteiger partial charge in [-0.05, 0) is 55.5 Å². The molecule has 1 aliphatic heterocycles. The van der Waals surface area contributed by atoms with Gasteiger partial charge in [0.25, 0.3) is 5.91 Å². The molecule has 0 bridgehead atoms. The van der Waals surface area contributed by atoms with E-state index in [1.54, 1.807) is 41.3 Å². The number of nitrogens with one attached hydrogen (secondary N) is 1. The highest BCUT2D eigenvalue weighted by Crippen LogP contribution is 2.34. The predicted molar refractivity (Wildman–Crippen MR) is 124 cm³/mol. The zero-order chi connectivity index (χ0) is 25.0. The van der Waals surface area contributed by atoms with Gasteiger partial charge < -0.3 is 20.1 Å². The number of anilines is 2. The molecule has 0 saturated carbocycles. The lowest BCUT2D eigenvalue weighted by molar-refractivity contribution is -0.138. The largest absolute Gasteiger partial charge is 0.508 e. The normalized spacial score (nSPS) is 13.7. The molecule has 7 nitrogen and oxygen atoms in total. The van der Waals surface area contributed by atoms with E-state index in [9.17, 15) is 23.1 Å². The summed E-state index contributed by atoms with van der Waals surface area (Å²) in [7, 11) is 1.44. The number of rotatable bonds is 7. The molecule has 35 heavy (non-hydrogen) atoms. The Labute approximate surface area is 200 Å². The second-order valence-corrected chi connectivity index (χ2v) is 8.22. The number of para-hydroxylation sites is 1. The van der Waals surface area contributed by atoms with Crippen molar-refractivity contribution in [1.82, 2.24) is 14.9 Å². The van der Waals surface area contributed by atoms with Crippen molar-refractivity contribution in [2.75, 3.05) is 25.5 Å². The van der Waals surface area contributed by atoms with Crippen LogP contribution in [-0.2, 0) is 19.0 Å². The quantitative estimate of drug-likeness (QED) is 0.490. The Balaban J connectivity index is 1.58. The Bertz CT molecular complexity index is 1210. The zero-order valence-corrected chi connectivity index (χ0v) is 19.1. The SMILES string of the molecule is COc1cc(C(=O)N2CCCC2)ccc1Nc1ncc(C(F)(F)F)c(CCc2ccccc2O)n1. The van der Waals surface area contributed by atoms with E-state index < -0.39 is 11.7 Å². The summed E-state index contributed by atoms with van der Waals surface area (Å²) >= 11 is 0. The van der Waals surface area contributed by atoms with Gasteiger partial charge in [0.15, 0.2) is 0 Å². The van der Waals surface area contributed by atoms with E-state index in [-0.39, 0.29) is 36.1 Å². The third-order valence-corrected chi connectivity index (χ3v) is 5.88. The van der Waals surface area contributed by atoms with Crippen LogP contribution in [0, 0.1) is 0 Å². The molecule has 1 aromatic heterocycles. The molecule has 3 aromatic rings. The van der Waals surface area contributed by atoms with Crippen molar-refractivity contribution in [3.05, 3.63) is 71.0 Å². The molecule has 1 amide bonds. The van der Waals surface area contributed by atoms with Gasteiger partial charge in [-0.3, -0.25) is 4.79 Å². The van der Waals surface area contributed by atoms with Crippen LogP contribution in [0.1, 0.15) is 40.0 Å². The van der Waals surface area contributed by atoms with Crippen molar-refractivity contribution in [1.29, 1.82) is 0 Å². The molecule has 1 fully saturated rings. The Hall–Kier alpha value is -3.82. The van der Waals surface area contributed by atoms with Crippen LogP contribution in [0.25, 0.3) is 0 Å². The fraction of sp³-hybridized carbons (Fsp3) is 0.320. The molecule has 0 spiro atoms. The topological polar surface area (TPSA) is 87.6 Å². The van der Waals surface area contributed by atoms with E-state index >= 15 is 0 Å². The number of carbonyl (C=O) groups excluding carboxylic acids is 1. The first-order valence-electron chi connectivity index (χ1n) is 11.2. The summed E-state index contributed by atoms with van der Waals surface area (Å²) in [4.78, 5) is 22.4. The van der Waals surface area contributed by atoms with E-state index in [2.05, 4.69) is 15.3 Å². The molecule has 0 atom stereocenters. The number of hydrogen-bond donors (Lipinski definition) is 2. The van der Waals surface area contributed by atoms with Crippen LogP contribution in [0.4, 0.5) is 24.8 Å². The maximum atomic E-state index is 13.6. The van der Waals surface area contributed by atoms with Crippen molar-refractivity contribution >= 4 is 17.5 Å². The molecular formula is C25H25F3N4O3. The number of ether oxygens (including phenoxy) is 1. The number of amides is 1. The second-order valence-electron chi connectivity index (χ2n) is 8.22. The number of likely N-dealkylation sites (tertiary alicyclic amines) is 1. The van der Waals surface area contributed by atoms with Crippen LogP contribution in [0.3, 0.4) is 0 Å². The molecule has 2 N–H and O–H groups in total. The fourth-order valence-electron chi connectivity index (χ4n) is 4.03. The lowest BCUT2D eigenvalue weighted by Crippen LogP contribution is -2.27. The molecular weight excluding hydrogens is 461 g/mol. The van der Waals surface area contributed by atoms with Crippen molar-refractivity contribution in [3.63, 3.8) is 0 Å². The number of halogens is 3. The van der Waals surface area contributed by atoms with E-state index in [1.807, 2.05) is 0 Å². The van der Waals surface area contributed by atoms with Crippen LogP contribution in [0.5, 0.6) is 11.5 Å². The number of aryl methyl sites for hydroxylation is 2. The number of phenols is 1. The molecule has 0 radical (unpaired) electrons. The minimum absolute atomic E-state index is 0.0155. The van der Waals surface area contributed by atoms with Gasteiger partial charge >= 0.3 is 6.18 Å². The average molecular weight is 486 g/mol. The maximum absolute atomic E-state index is 13.6. The number of phenolic OH excluding ortho intramolecular Hbond substituents is 1. The van der Waals surface area contributed by atoms with Crippen molar-refractivity contribution in [2.24, 2.45) is 0 Å². The van der Waals surface area contributed by atoms with Crippen LogP contribution in [-0.4, -0.2) is 46.1 Å². The van der Waals surface area contributed by atoms with Gasteiger partial charge in [0, 0.05) is 24.8 Å². The molecule has 0 unspecified atom stereocenters. The van der Waals surface area contributed by atoms with E-state index in [4.69, 9.17) is 4.74 Å². The first-order valence-corrected chi connectivity index (χ1v) is 11.2. The van der Waals surface area contributed by atoms with Gasteiger partial charge in [-0.25, -0.2) is 9.97 Å². The Kier molecular flexibility index (Phi) is 7.09. The number of aromatic nitrogens is 2. The zero-order valence-electron chi connectivity index (χ0n) is 19.1. The highest BCUT2D eigenvalue weighted by Gasteiger charge is 2.35. The van der Waals surface area contributed by atoms with Crippen LogP contribution >= 0.6 is 0 Å². The summed E-state index contributed by atoms with van der Waals surface area (Å²) in [5, 5.41) is 12.8. The molecule has 2 aromatic carbocycles. The van der Waals surface area contributed by atoms with Gasteiger partial charge in [0.2, 0.25) is 5.95 Å². The van der Waals surface area contributed by atoms with E-state index in [0.29, 0.717) is 35.7 Å². The van der Waals surface area contributed by atoms with Gasteiger partial charge in [-0.15, -0.1) is 0 Å². The standard InChI is InChI=1S/C25H25F3N4O3/c1-35-22-14-17(23(34)32-12-4-5-13-32)9-11-20(22)31-24-29-15-18(25(26,27)28)19(30-24)10-8-16-6-2-3-7-21(16)33/h2-3,6-7,9,11,14-15,33H,4-5,8,10,12-13H2,1H3,(H,29,30,31). The summed E-state index contributed by atoms with van der Waals surface area (Å²) in [5.41, 5.74) is 0.270. The first-order chi connectivity index (χ1) is 16.8. The second kappa shape index (κ2) is 10.2. The van der Waals surface area contributed by atoms with Gasteiger partial charge in [-0.2, -0.15) is 13.2 Å². The number of methoxy groups -OCH3 is 1. The first kappa shape index (κ1) is 24.3. The van der Waals surface area contributed by atoms with Crippen LogP contribution in [0.2, 0.25) is 0 Å². The molecule has 4 rings (SSSR count). The summed E-state index contributed by atoms with van der Waals surface area (Å²) in [6.07, 6.45) is -1.82. The molecule has 10 heteroatoms. The third-order valence-electron chi connectivity index (χ3n) is 5.88. The number of nitrogens with zero attached hydrogens (tertiary/aromatic N) is 3. The summed E-state index contributed by atoms with van der Waals surface area (Å²) in [5.74, 6) is 0.225. The monoisotopic (exact) mass is 486 g/mol. The average Bonchev–Trinajstić information content (AvgIpc) is 3.38. The minimum atomic E-state index is -4.62. The summed E-state index contributed by atoms with van der Waals surface area (Å²) in [6.45, 7) is 1.42. The van der Waals surface area contributed by atoms with Crippen molar-refractivity contribution in [2.45, 2.75) is 31.9 Å². The van der Waals surface area contributed by atoms with Crippen LogP contribution < -0.4 is 10.1 Å². The summed E-state index contributed by atoms with van der Waals surface area (Å²) < 4.78 is 46.1. The van der Waals surface area contributed by atoms with E-state index in [1.165, 1.54) is 13.2 Å². The fourth-order valence-corrected chi connectivity index (χ4v) is 4.03. The molecule has 1 aliphatic rings. The highest BCUT2D eigenvalue weighted by atomic mass is 19.4. The Morgan fingerprint density at radius 1 is 1.14 bits per heavy atom. The smallest absolute Gasteiger partial charge is 0.419 e. The number of carbonyl (C=O) groups is 1. The molecule has 2 heterocycles. The van der Waals surface area contributed by atoms with Gasteiger partial charge in [0.05, 0.1) is 24.1 Å². The number of alkyl halides is 3. The number of hydrogen-bond acceptors (Lipinski definition) is 6. The molecule has 184 valence electrons. The van der Waals surface area contributed by atoms with Crippen LogP contribution in [0.15, 0.2) is 48.7 Å². The molecule has 1 saturated heterocycles. The maximum Gasteiger partial charge on any atom is 0.419 e. The Morgan fingerprint density at radius 2 is 1.89 bits per heavy atom. The van der Waals surface area contributed by atoms with Crippen molar-refractivity contribution in [3.8, 4) is 11.5 Å². The van der Waals surface area contributed by atoms with Gasteiger partial charge in [-0.1, -0.05) is 18.2 Å². The number of aromatic hydroxyl groups is 1. The Morgan fingerprint density at radius 3 is 2.57 bits per heavy atom. The number of benzene rings is 2. The predicted octanol–water partition coefficient (Wildman–Crippen LogP) is 4.97. The lowest BCUT2D eigenvalue weighted by atomic mass is 10.0.